The Labute approximate surface area is 196 Å². The molecule has 2 aromatic carbocycles. The summed E-state index contributed by atoms with van der Waals surface area (Å²) >= 11 is 6.35. The van der Waals surface area contributed by atoms with E-state index in [4.69, 9.17) is 26.7 Å². The molecule has 0 aliphatic carbocycles. The molecule has 0 saturated heterocycles. The summed E-state index contributed by atoms with van der Waals surface area (Å²) in [4.78, 5) is 25.2. The molecule has 0 fully saturated rings. The number of aromatic nitrogens is 3. The van der Waals surface area contributed by atoms with Crippen LogP contribution in [0.25, 0.3) is 11.3 Å². The molecule has 3 heterocycles. The van der Waals surface area contributed by atoms with Crippen LogP contribution in [0.4, 0.5) is 11.6 Å². The summed E-state index contributed by atoms with van der Waals surface area (Å²) in [6.07, 6.45) is 3.75. The summed E-state index contributed by atoms with van der Waals surface area (Å²) in [6, 6.07) is 16.2. The van der Waals surface area contributed by atoms with Gasteiger partial charge in [-0.3, -0.25) is 4.99 Å². The van der Waals surface area contributed by atoms with Crippen molar-refractivity contribution in [1.29, 1.82) is 0 Å². The van der Waals surface area contributed by atoms with Gasteiger partial charge in [0.05, 0.1) is 29.2 Å². The van der Waals surface area contributed by atoms with Crippen molar-refractivity contribution in [3.8, 4) is 11.3 Å². The molecule has 166 valence electrons. The predicted molar refractivity (Wildman–Crippen MR) is 131 cm³/mol. The summed E-state index contributed by atoms with van der Waals surface area (Å²) in [5.74, 6) is -0.558. The number of anilines is 2. The maximum atomic E-state index is 11.1. The van der Waals surface area contributed by atoms with Crippen LogP contribution in [0.1, 0.15) is 34.6 Å². The minimum absolute atomic E-state index is 0. The molecule has 2 N–H and O–H groups in total. The molecule has 7 nitrogen and oxygen atoms in total. The van der Waals surface area contributed by atoms with Crippen LogP contribution in [-0.2, 0) is 13.6 Å². The number of aliphatic imine (C=N–C) groups is 1. The highest BCUT2D eigenvalue weighted by Gasteiger charge is 2.22. The van der Waals surface area contributed by atoms with Crippen molar-refractivity contribution in [3.05, 3.63) is 94.4 Å². The molecule has 0 saturated carbocycles. The average Bonchev–Trinajstić information content (AvgIpc) is 3.14. The number of rotatable bonds is 4. The monoisotopic (exact) mass is 459 g/mol. The van der Waals surface area contributed by atoms with Gasteiger partial charge in [0.1, 0.15) is 0 Å². The number of benzene rings is 2. The number of carbonyl (C=O) groups is 1. The first-order valence-corrected chi connectivity index (χ1v) is 10.3. The van der Waals surface area contributed by atoms with Gasteiger partial charge in [0.15, 0.2) is 0 Å². The number of fused-ring (bicyclic) bond motifs is 3. The molecule has 5 rings (SSSR count). The van der Waals surface area contributed by atoms with E-state index in [1.165, 1.54) is 12.1 Å². The number of aryl methyl sites for hydroxylation is 1. The zero-order chi connectivity index (χ0) is 22.2. The zero-order valence-corrected chi connectivity index (χ0v) is 17.8. The van der Waals surface area contributed by atoms with Crippen molar-refractivity contribution in [3.63, 3.8) is 0 Å². The van der Waals surface area contributed by atoms with Gasteiger partial charge < -0.3 is 15.0 Å². The van der Waals surface area contributed by atoms with E-state index in [0.29, 0.717) is 23.2 Å². The predicted octanol–water partition coefficient (Wildman–Crippen LogP) is 5.56. The second-order valence-corrected chi connectivity index (χ2v) is 7.87. The first-order valence-electron chi connectivity index (χ1n) is 9.92. The van der Waals surface area contributed by atoms with E-state index < -0.39 is 5.97 Å². The Morgan fingerprint density at radius 2 is 1.91 bits per heavy atom. The van der Waals surface area contributed by atoms with E-state index in [-0.39, 0.29) is 13.0 Å². The van der Waals surface area contributed by atoms with Gasteiger partial charge in [-0.1, -0.05) is 25.1 Å². The molecule has 2 aromatic heterocycles. The normalized spacial score (nSPS) is 12.0. The van der Waals surface area contributed by atoms with Crippen molar-refractivity contribution in [2.24, 2.45) is 12.0 Å². The molecule has 0 atom stereocenters. The lowest BCUT2D eigenvalue weighted by Crippen LogP contribution is -2.09. The molecular weight excluding hydrogens is 438 g/mol. The maximum absolute atomic E-state index is 11.1. The van der Waals surface area contributed by atoms with Crippen LogP contribution >= 0.6 is 11.6 Å². The van der Waals surface area contributed by atoms with Crippen LogP contribution in [0.2, 0.25) is 5.02 Å². The highest BCUT2D eigenvalue weighted by Crippen LogP contribution is 2.33. The molecule has 0 spiro atoms. The van der Waals surface area contributed by atoms with Gasteiger partial charge >= 0.3 is 5.97 Å². The van der Waals surface area contributed by atoms with Crippen molar-refractivity contribution >= 4 is 34.9 Å². The fourth-order valence-electron chi connectivity index (χ4n) is 3.74. The SMILES string of the molecule is C.Cn1cccc1C1=NCc2cnc(Nc3ccc(C(=O)O)cc3)nc2-c2ccc(Cl)cc21. The van der Waals surface area contributed by atoms with Crippen molar-refractivity contribution in [2.45, 2.75) is 14.0 Å². The number of hydrogen-bond acceptors (Lipinski definition) is 5. The lowest BCUT2D eigenvalue weighted by atomic mass is 9.97. The molecule has 0 unspecified atom stereocenters. The Morgan fingerprint density at radius 1 is 1.12 bits per heavy atom. The average molecular weight is 460 g/mol. The zero-order valence-electron chi connectivity index (χ0n) is 17.1. The number of aromatic carboxylic acids is 1. The fraction of sp³-hybridized carbons (Fsp3) is 0.120. The van der Waals surface area contributed by atoms with Crippen molar-refractivity contribution < 1.29 is 9.90 Å². The number of halogens is 1. The van der Waals surface area contributed by atoms with Gasteiger partial charge in [-0.25, -0.2) is 14.8 Å². The molecule has 1 aliphatic rings. The van der Waals surface area contributed by atoms with Gasteiger partial charge in [-0.05, 0) is 48.5 Å². The lowest BCUT2D eigenvalue weighted by molar-refractivity contribution is 0.0697. The van der Waals surface area contributed by atoms with Crippen LogP contribution < -0.4 is 5.32 Å². The standard InChI is InChI=1S/C24H18ClN5O2.CH4/c1-30-10-2-3-20(30)22-19-11-16(25)6-9-18(19)21-15(12-26-22)13-27-24(29-21)28-17-7-4-14(5-8-17)23(31)32;/h2-11,13H,12H2,1H3,(H,31,32)(H,27,28,29);1H4. The highest BCUT2D eigenvalue weighted by atomic mass is 35.5. The van der Waals surface area contributed by atoms with Gasteiger partial charge in [-0.15, -0.1) is 0 Å². The van der Waals surface area contributed by atoms with Crippen LogP contribution in [0.5, 0.6) is 0 Å². The number of carboxylic acid groups (broad SMARTS) is 1. The molecule has 1 aliphatic heterocycles. The Hall–Kier alpha value is -3.97. The first-order chi connectivity index (χ1) is 15.5. The van der Waals surface area contributed by atoms with Crippen LogP contribution in [0.15, 0.2) is 72.0 Å². The van der Waals surface area contributed by atoms with Crippen LogP contribution in [0, 0.1) is 0 Å². The van der Waals surface area contributed by atoms with E-state index >= 15 is 0 Å². The Balaban J connectivity index is 0.00000259. The Kier molecular flexibility index (Phi) is 5.98. The van der Waals surface area contributed by atoms with E-state index in [1.54, 1.807) is 18.3 Å². The second-order valence-electron chi connectivity index (χ2n) is 7.43. The molecule has 0 bridgehead atoms. The molecule has 33 heavy (non-hydrogen) atoms. The van der Waals surface area contributed by atoms with E-state index in [1.807, 2.05) is 48.1 Å². The molecule has 0 radical (unpaired) electrons. The van der Waals surface area contributed by atoms with Crippen LogP contribution in [-0.4, -0.2) is 31.3 Å². The summed E-state index contributed by atoms with van der Waals surface area (Å²) in [5, 5.41) is 12.9. The number of nitrogens with one attached hydrogen (secondary N) is 1. The minimum Gasteiger partial charge on any atom is -0.478 e. The Bertz CT molecular complexity index is 1380. The van der Waals surface area contributed by atoms with Gasteiger partial charge in [0.25, 0.3) is 0 Å². The third-order valence-electron chi connectivity index (χ3n) is 5.34. The van der Waals surface area contributed by atoms with Gasteiger partial charge in [-0.2, -0.15) is 0 Å². The number of hydrogen-bond donors (Lipinski definition) is 2. The quantitative estimate of drug-likeness (QED) is 0.416. The summed E-state index contributed by atoms with van der Waals surface area (Å²) < 4.78 is 2.03. The summed E-state index contributed by atoms with van der Waals surface area (Å²) in [6.45, 7) is 0.440. The number of carboxylic acids is 1. The van der Waals surface area contributed by atoms with E-state index in [0.717, 1.165) is 33.8 Å². The highest BCUT2D eigenvalue weighted by molar-refractivity contribution is 6.31. The molecular formula is C25H22ClN5O2. The third kappa shape index (κ3) is 4.23. The fourth-order valence-corrected chi connectivity index (χ4v) is 3.91. The van der Waals surface area contributed by atoms with Crippen molar-refractivity contribution in [2.75, 3.05) is 5.32 Å². The summed E-state index contributed by atoms with van der Waals surface area (Å²) in [5.41, 5.74) is 6.28. The molecule has 4 aromatic rings. The first kappa shape index (κ1) is 22.2. The molecule has 0 amide bonds. The second kappa shape index (κ2) is 8.88. The minimum atomic E-state index is -0.970. The lowest BCUT2D eigenvalue weighted by Gasteiger charge is -2.13. The van der Waals surface area contributed by atoms with E-state index in [9.17, 15) is 4.79 Å². The van der Waals surface area contributed by atoms with Gasteiger partial charge in [0.2, 0.25) is 5.95 Å². The third-order valence-corrected chi connectivity index (χ3v) is 5.57. The topological polar surface area (TPSA) is 92.4 Å². The Morgan fingerprint density at radius 3 is 2.61 bits per heavy atom. The summed E-state index contributed by atoms with van der Waals surface area (Å²) in [7, 11) is 1.98. The maximum Gasteiger partial charge on any atom is 0.335 e. The number of nitrogens with zero attached hydrogens (tertiary/aromatic N) is 4. The van der Waals surface area contributed by atoms with Gasteiger partial charge in [0, 0.05) is 46.8 Å². The van der Waals surface area contributed by atoms with E-state index in [2.05, 4.69) is 10.3 Å². The van der Waals surface area contributed by atoms with Crippen molar-refractivity contribution in [1.82, 2.24) is 14.5 Å². The largest absolute Gasteiger partial charge is 0.478 e. The smallest absolute Gasteiger partial charge is 0.335 e. The van der Waals surface area contributed by atoms with Crippen LogP contribution in [0.3, 0.4) is 0 Å². The molecule has 8 heteroatoms.